The normalized spacial score (nSPS) is 19.2. The highest BCUT2D eigenvalue weighted by Crippen LogP contribution is 2.41. The van der Waals surface area contributed by atoms with Crippen molar-refractivity contribution in [2.24, 2.45) is 11.8 Å². The van der Waals surface area contributed by atoms with Gasteiger partial charge in [-0.05, 0) is 77.5 Å². The Bertz CT molecular complexity index is 964. The standard InChI is InChI=1S/C28H41N3O4/c1-11-19-12-14-20(15-13-19)23(24(32)30-27(5,6)7)31(21-16-18(21)4)25(33)22(17(2)3)29-26(34)35-28(8,9)10/h1,12-15,17-18,21-23H,16H2,2-10H3,(H,29,34)(H,30,32). The number of carbonyl (C=O) groups is 3. The molecule has 1 saturated carbocycles. The van der Waals surface area contributed by atoms with Gasteiger partial charge in [-0.1, -0.05) is 38.8 Å². The summed E-state index contributed by atoms with van der Waals surface area (Å²) in [5.74, 6) is 2.01. The van der Waals surface area contributed by atoms with Gasteiger partial charge in [0, 0.05) is 17.1 Å². The molecule has 0 radical (unpaired) electrons. The molecule has 192 valence electrons. The number of nitrogens with zero attached hydrogens (tertiary/aromatic N) is 1. The highest BCUT2D eigenvalue weighted by molar-refractivity contribution is 5.93. The van der Waals surface area contributed by atoms with Crippen molar-refractivity contribution in [1.82, 2.24) is 15.5 Å². The molecule has 1 fully saturated rings. The van der Waals surface area contributed by atoms with Crippen molar-refractivity contribution in [2.75, 3.05) is 0 Å². The molecule has 2 rings (SSSR count). The van der Waals surface area contributed by atoms with Gasteiger partial charge in [0.1, 0.15) is 17.7 Å². The van der Waals surface area contributed by atoms with Crippen LogP contribution in [0, 0.1) is 24.2 Å². The van der Waals surface area contributed by atoms with Crippen LogP contribution in [0.15, 0.2) is 24.3 Å². The van der Waals surface area contributed by atoms with Gasteiger partial charge in [0.2, 0.25) is 11.8 Å². The van der Waals surface area contributed by atoms with Gasteiger partial charge < -0.3 is 20.3 Å². The van der Waals surface area contributed by atoms with Crippen molar-refractivity contribution in [3.8, 4) is 12.3 Å². The lowest BCUT2D eigenvalue weighted by Crippen LogP contribution is -2.56. The van der Waals surface area contributed by atoms with E-state index in [1.807, 2.05) is 34.6 Å². The van der Waals surface area contributed by atoms with Crippen molar-refractivity contribution >= 4 is 17.9 Å². The summed E-state index contributed by atoms with van der Waals surface area (Å²) < 4.78 is 5.41. The molecule has 0 aromatic heterocycles. The van der Waals surface area contributed by atoms with Crippen LogP contribution in [-0.4, -0.2) is 46.0 Å². The van der Waals surface area contributed by atoms with Gasteiger partial charge in [-0.3, -0.25) is 9.59 Å². The highest BCUT2D eigenvalue weighted by Gasteiger charge is 2.49. The summed E-state index contributed by atoms with van der Waals surface area (Å²) in [5, 5.41) is 5.79. The van der Waals surface area contributed by atoms with Crippen LogP contribution in [0.3, 0.4) is 0 Å². The molecule has 0 heterocycles. The molecule has 0 spiro atoms. The molecule has 1 aliphatic carbocycles. The fourth-order valence-electron chi connectivity index (χ4n) is 3.92. The number of benzene rings is 1. The molecule has 7 heteroatoms. The molecule has 4 atom stereocenters. The summed E-state index contributed by atoms with van der Waals surface area (Å²) >= 11 is 0. The van der Waals surface area contributed by atoms with Crippen LogP contribution >= 0.6 is 0 Å². The van der Waals surface area contributed by atoms with Crippen LogP contribution in [0.4, 0.5) is 4.79 Å². The Labute approximate surface area is 210 Å². The van der Waals surface area contributed by atoms with Crippen molar-refractivity contribution in [2.45, 2.75) is 98.0 Å². The van der Waals surface area contributed by atoms with E-state index in [0.29, 0.717) is 11.1 Å². The Kier molecular flexibility index (Phi) is 8.65. The van der Waals surface area contributed by atoms with E-state index in [4.69, 9.17) is 11.2 Å². The predicted molar refractivity (Wildman–Crippen MR) is 137 cm³/mol. The molecule has 35 heavy (non-hydrogen) atoms. The zero-order valence-corrected chi connectivity index (χ0v) is 22.6. The van der Waals surface area contributed by atoms with Crippen molar-refractivity contribution < 1.29 is 19.1 Å². The highest BCUT2D eigenvalue weighted by atomic mass is 16.6. The summed E-state index contributed by atoms with van der Waals surface area (Å²) in [4.78, 5) is 41.9. The van der Waals surface area contributed by atoms with Gasteiger partial charge in [0.15, 0.2) is 0 Å². The van der Waals surface area contributed by atoms with E-state index in [1.54, 1.807) is 49.9 Å². The second kappa shape index (κ2) is 10.7. The minimum absolute atomic E-state index is 0.118. The van der Waals surface area contributed by atoms with Gasteiger partial charge in [0.25, 0.3) is 0 Å². The quantitative estimate of drug-likeness (QED) is 0.563. The third-order valence-corrected chi connectivity index (χ3v) is 5.70. The smallest absolute Gasteiger partial charge is 0.408 e. The number of hydrogen-bond acceptors (Lipinski definition) is 4. The minimum Gasteiger partial charge on any atom is -0.444 e. The van der Waals surface area contributed by atoms with E-state index in [2.05, 4.69) is 23.5 Å². The minimum atomic E-state index is -0.870. The lowest BCUT2D eigenvalue weighted by Gasteiger charge is -2.37. The van der Waals surface area contributed by atoms with Gasteiger partial charge in [-0.2, -0.15) is 0 Å². The average Bonchev–Trinajstić information content (AvgIpc) is 3.42. The van der Waals surface area contributed by atoms with Gasteiger partial charge >= 0.3 is 6.09 Å². The number of terminal acetylenes is 1. The first kappa shape index (κ1) is 28.2. The average molecular weight is 484 g/mol. The summed E-state index contributed by atoms with van der Waals surface area (Å²) in [5.41, 5.74) is 0.156. The SMILES string of the molecule is C#Cc1ccc(C(C(=O)NC(C)(C)C)N(C(=O)C(NC(=O)OC(C)(C)C)C(C)C)C2CC2C)cc1. The van der Waals surface area contributed by atoms with Crippen LogP contribution in [0.2, 0.25) is 0 Å². The van der Waals surface area contributed by atoms with Crippen LogP contribution in [0.25, 0.3) is 0 Å². The molecule has 1 aromatic rings. The second-order valence-electron chi connectivity index (χ2n) is 11.8. The van der Waals surface area contributed by atoms with Crippen LogP contribution < -0.4 is 10.6 Å². The van der Waals surface area contributed by atoms with E-state index in [0.717, 1.165) is 6.42 Å². The van der Waals surface area contributed by atoms with E-state index < -0.39 is 29.3 Å². The Balaban J connectivity index is 2.51. The number of ether oxygens (including phenoxy) is 1. The fourth-order valence-corrected chi connectivity index (χ4v) is 3.92. The van der Waals surface area contributed by atoms with Gasteiger partial charge in [-0.15, -0.1) is 6.42 Å². The van der Waals surface area contributed by atoms with Crippen LogP contribution in [0.5, 0.6) is 0 Å². The summed E-state index contributed by atoms with van der Waals surface area (Å²) in [6.07, 6.45) is 5.64. The molecule has 7 nitrogen and oxygen atoms in total. The summed E-state index contributed by atoms with van der Waals surface area (Å²) in [7, 11) is 0. The Morgan fingerprint density at radius 3 is 2.03 bits per heavy atom. The molecule has 1 aliphatic rings. The maximum atomic E-state index is 14.1. The first-order valence-corrected chi connectivity index (χ1v) is 12.2. The third kappa shape index (κ3) is 8.02. The number of rotatable bonds is 7. The number of hydrogen-bond donors (Lipinski definition) is 2. The van der Waals surface area contributed by atoms with Crippen molar-refractivity contribution in [1.29, 1.82) is 0 Å². The van der Waals surface area contributed by atoms with Crippen molar-refractivity contribution in [3.05, 3.63) is 35.4 Å². The lowest BCUT2D eigenvalue weighted by molar-refractivity contribution is -0.144. The number of alkyl carbamates (subject to hydrolysis) is 1. The Hall–Kier alpha value is -3.01. The first-order valence-electron chi connectivity index (χ1n) is 12.2. The van der Waals surface area contributed by atoms with E-state index in [-0.39, 0.29) is 29.7 Å². The van der Waals surface area contributed by atoms with E-state index in [9.17, 15) is 14.4 Å². The zero-order chi connectivity index (χ0) is 26.7. The van der Waals surface area contributed by atoms with E-state index in [1.165, 1.54) is 0 Å². The predicted octanol–water partition coefficient (Wildman–Crippen LogP) is 4.41. The van der Waals surface area contributed by atoms with Crippen molar-refractivity contribution in [3.63, 3.8) is 0 Å². The molecular weight excluding hydrogens is 442 g/mol. The van der Waals surface area contributed by atoms with Crippen LogP contribution in [0.1, 0.15) is 85.9 Å². The number of amides is 3. The molecular formula is C28H41N3O4. The maximum absolute atomic E-state index is 14.1. The lowest BCUT2D eigenvalue weighted by atomic mass is 9.97. The molecule has 4 unspecified atom stereocenters. The fraction of sp³-hybridized carbons (Fsp3) is 0.607. The van der Waals surface area contributed by atoms with Gasteiger partial charge in [-0.25, -0.2) is 4.79 Å². The topological polar surface area (TPSA) is 87.7 Å². The Morgan fingerprint density at radius 2 is 1.63 bits per heavy atom. The Morgan fingerprint density at radius 1 is 1.09 bits per heavy atom. The molecule has 1 aromatic carbocycles. The van der Waals surface area contributed by atoms with Crippen LogP contribution in [-0.2, 0) is 14.3 Å². The van der Waals surface area contributed by atoms with Gasteiger partial charge in [0.05, 0.1) is 0 Å². The van der Waals surface area contributed by atoms with E-state index >= 15 is 0 Å². The molecule has 0 aliphatic heterocycles. The summed E-state index contributed by atoms with van der Waals surface area (Å²) in [6.45, 7) is 16.8. The molecule has 2 N–H and O–H groups in total. The molecule has 0 bridgehead atoms. The number of nitrogens with one attached hydrogen (secondary N) is 2. The maximum Gasteiger partial charge on any atom is 0.408 e. The molecule has 0 saturated heterocycles. The largest absolute Gasteiger partial charge is 0.444 e. The second-order valence-corrected chi connectivity index (χ2v) is 11.8. The third-order valence-electron chi connectivity index (χ3n) is 5.70. The summed E-state index contributed by atoms with van der Waals surface area (Å²) in [6, 6.07) is 5.28. The molecule has 3 amide bonds. The first-order chi connectivity index (χ1) is 16.0. The monoisotopic (exact) mass is 483 g/mol. The zero-order valence-electron chi connectivity index (χ0n) is 22.6. The number of carbonyl (C=O) groups excluding carboxylic acids is 3.